The molecule has 9 heteroatoms. The Labute approximate surface area is 159 Å². The Balaban J connectivity index is 1.88. The highest BCUT2D eigenvalue weighted by Gasteiger charge is 2.28. The van der Waals surface area contributed by atoms with Crippen molar-refractivity contribution in [2.45, 2.75) is 31.6 Å². The first-order valence-electron chi connectivity index (χ1n) is 8.80. The quantitative estimate of drug-likeness (QED) is 0.672. The molecule has 1 aliphatic heterocycles. The number of carbonyl (C=O) groups is 2. The zero-order valence-corrected chi connectivity index (χ0v) is 16.4. The number of ether oxygens (including phenoxy) is 1. The van der Waals surface area contributed by atoms with Crippen molar-refractivity contribution < 1.29 is 27.9 Å². The van der Waals surface area contributed by atoms with E-state index in [1.54, 1.807) is 38.1 Å². The Kier molecular flexibility index (Phi) is 6.96. The number of aliphatic carboxylic acids is 1. The van der Waals surface area contributed by atoms with Crippen LogP contribution in [-0.4, -0.2) is 62.6 Å². The number of hydrogen-bond donors (Lipinski definition) is 2. The zero-order valence-electron chi connectivity index (χ0n) is 15.6. The van der Waals surface area contributed by atoms with E-state index in [0.717, 1.165) is 5.56 Å². The summed E-state index contributed by atoms with van der Waals surface area (Å²) in [5.74, 6) is -1.21. The van der Waals surface area contributed by atoms with Crippen molar-refractivity contribution in [1.29, 1.82) is 0 Å². The Bertz CT molecular complexity index is 768. The van der Waals surface area contributed by atoms with Crippen LogP contribution in [0.5, 0.6) is 0 Å². The third-order valence-electron chi connectivity index (χ3n) is 4.48. The normalized spacial score (nSPS) is 16.1. The highest BCUT2D eigenvalue weighted by atomic mass is 32.2. The van der Waals surface area contributed by atoms with Gasteiger partial charge in [0.25, 0.3) is 0 Å². The second-order valence-electron chi connectivity index (χ2n) is 7.13. The summed E-state index contributed by atoms with van der Waals surface area (Å²) in [7, 11) is -3.52. The lowest BCUT2D eigenvalue weighted by Gasteiger charge is -2.26. The van der Waals surface area contributed by atoms with Crippen molar-refractivity contribution in [2.75, 3.05) is 32.8 Å². The first-order chi connectivity index (χ1) is 12.6. The number of sulfonamides is 1. The molecule has 0 bridgehead atoms. The predicted molar refractivity (Wildman–Crippen MR) is 98.8 cm³/mol. The first-order valence-corrected chi connectivity index (χ1v) is 10.2. The summed E-state index contributed by atoms with van der Waals surface area (Å²) in [6, 6.07) is 6.49. The molecule has 0 unspecified atom stereocenters. The Morgan fingerprint density at radius 1 is 1.19 bits per heavy atom. The van der Waals surface area contributed by atoms with Crippen LogP contribution in [0.15, 0.2) is 29.2 Å². The van der Waals surface area contributed by atoms with Crippen molar-refractivity contribution in [3.8, 4) is 0 Å². The monoisotopic (exact) mass is 398 g/mol. The van der Waals surface area contributed by atoms with Gasteiger partial charge in [0, 0.05) is 26.1 Å². The van der Waals surface area contributed by atoms with Gasteiger partial charge in [-0.1, -0.05) is 12.1 Å². The lowest BCUT2D eigenvalue weighted by Crippen LogP contribution is -2.40. The number of nitrogens with zero attached hydrogens (tertiary/aromatic N) is 1. The molecular weight excluding hydrogens is 372 g/mol. The van der Waals surface area contributed by atoms with Crippen molar-refractivity contribution in [3.63, 3.8) is 0 Å². The van der Waals surface area contributed by atoms with E-state index in [4.69, 9.17) is 9.84 Å². The molecule has 2 N–H and O–H groups in total. The van der Waals surface area contributed by atoms with E-state index in [1.165, 1.54) is 4.31 Å². The van der Waals surface area contributed by atoms with Crippen LogP contribution in [0.1, 0.15) is 25.8 Å². The predicted octanol–water partition coefficient (Wildman–Crippen LogP) is 0.867. The number of rotatable bonds is 8. The van der Waals surface area contributed by atoms with Gasteiger partial charge in [0.1, 0.15) is 0 Å². The van der Waals surface area contributed by atoms with E-state index in [0.29, 0.717) is 32.7 Å². The third kappa shape index (κ3) is 5.75. The van der Waals surface area contributed by atoms with Crippen LogP contribution in [0.2, 0.25) is 0 Å². The number of nitrogens with one attached hydrogen (secondary N) is 1. The van der Waals surface area contributed by atoms with Gasteiger partial charge in [-0.2, -0.15) is 4.31 Å². The molecule has 0 spiro atoms. The average Bonchev–Trinajstić information content (AvgIpc) is 2.65. The third-order valence-corrected chi connectivity index (χ3v) is 6.39. The lowest BCUT2D eigenvalue weighted by atomic mass is 9.94. The van der Waals surface area contributed by atoms with Gasteiger partial charge in [-0.05, 0) is 38.0 Å². The van der Waals surface area contributed by atoms with Crippen molar-refractivity contribution in [1.82, 2.24) is 9.62 Å². The molecule has 1 amide bonds. The van der Waals surface area contributed by atoms with E-state index in [9.17, 15) is 18.0 Å². The summed E-state index contributed by atoms with van der Waals surface area (Å²) in [5, 5.41) is 11.7. The van der Waals surface area contributed by atoms with Gasteiger partial charge in [0.15, 0.2) is 0 Å². The molecule has 1 heterocycles. The summed E-state index contributed by atoms with van der Waals surface area (Å²) in [6.07, 6.45) is 0.641. The summed E-state index contributed by atoms with van der Waals surface area (Å²) in [6.45, 7) is 4.62. The number of carboxylic acid groups (broad SMARTS) is 1. The van der Waals surface area contributed by atoms with Crippen LogP contribution in [0.25, 0.3) is 0 Å². The average molecular weight is 398 g/mol. The van der Waals surface area contributed by atoms with Gasteiger partial charge in [-0.25, -0.2) is 8.42 Å². The maximum atomic E-state index is 12.6. The fourth-order valence-corrected chi connectivity index (χ4v) is 3.91. The van der Waals surface area contributed by atoms with Crippen LogP contribution in [0.3, 0.4) is 0 Å². The first kappa shape index (κ1) is 21.3. The second kappa shape index (κ2) is 8.81. The molecule has 0 aromatic heterocycles. The highest BCUT2D eigenvalue weighted by Crippen LogP contribution is 2.18. The number of hydrogen-bond acceptors (Lipinski definition) is 5. The zero-order chi connectivity index (χ0) is 20.1. The topological polar surface area (TPSA) is 113 Å². The minimum Gasteiger partial charge on any atom is -0.481 e. The van der Waals surface area contributed by atoms with Gasteiger partial charge in [-0.3, -0.25) is 9.59 Å². The molecule has 0 aliphatic carbocycles. The molecule has 1 saturated heterocycles. The highest BCUT2D eigenvalue weighted by molar-refractivity contribution is 7.89. The molecule has 1 aromatic rings. The van der Waals surface area contributed by atoms with Crippen LogP contribution < -0.4 is 5.32 Å². The molecule has 1 aliphatic rings. The van der Waals surface area contributed by atoms with Crippen LogP contribution in [0, 0.1) is 5.41 Å². The van der Waals surface area contributed by atoms with Crippen molar-refractivity contribution in [2.24, 2.45) is 5.41 Å². The molecular formula is C18H26N2O6S. The fourth-order valence-electron chi connectivity index (χ4n) is 2.51. The van der Waals surface area contributed by atoms with Gasteiger partial charge >= 0.3 is 5.97 Å². The number of amides is 1. The molecule has 150 valence electrons. The Hall–Kier alpha value is -1.97. The molecule has 0 saturated carbocycles. The lowest BCUT2D eigenvalue weighted by molar-refractivity contribution is -0.146. The summed E-state index contributed by atoms with van der Waals surface area (Å²) < 4.78 is 31.7. The summed E-state index contributed by atoms with van der Waals surface area (Å²) in [4.78, 5) is 23.2. The van der Waals surface area contributed by atoms with E-state index in [1.807, 2.05) is 0 Å². The van der Waals surface area contributed by atoms with Gasteiger partial charge in [-0.15, -0.1) is 0 Å². The molecule has 1 fully saturated rings. The standard InChI is InChI=1S/C18H26N2O6S/c1-18(2,17(22)23)13-19-16(21)8-5-14-3-6-15(7-4-14)27(24,25)20-9-11-26-12-10-20/h3-4,6-7H,5,8-13H2,1-2H3,(H,19,21)(H,22,23). The van der Waals surface area contributed by atoms with Gasteiger partial charge in [0.05, 0.1) is 23.5 Å². The van der Waals surface area contributed by atoms with Crippen molar-refractivity contribution in [3.05, 3.63) is 29.8 Å². The van der Waals surface area contributed by atoms with Crippen molar-refractivity contribution >= 4 is 21.9 Å². The maximum absolute atomic E-state index is 12.6. The van der Waals surface area contributed by atoms with Gasteiger partial charge < -0.3 is 15.2 Å². The molecule has 0 radical (unpaired) electrons. The number of aryl methyl sites for hydroxylation is 1. The van der Waals surface area contributed by atoms with E-state index < -0.39 is 21.4 Å². The van der Waals surface area contributed by atoms with Gasteiger partial charge in [0.2, 0.25) is 15.9 Å². The fraction of sp³-hybridized carbons (Fsp3) is 0.556. The largest absolute Gasteiger partial charge is 0.481 e. The summed E-state index contributed by atoms with van der Waals surface area (Å²) >= 11 is 0. The molecule has 1 aromatic carbocycles. The molecule has 2 rings (SSSR count). The number of carboxylic acids is 1. The number of carbonyl (C=O) groups excluding carboxylic acids is 1. The Morgan fingerprint density at radius 2 is 1.78 bits per heavy atom. The Morgan fingerprint density at radius 3 is 2.33 bits per heavy atom. The van der Waals surface area contributed by atoms with E-state index >= 15 is 0 Å². The SMILES string of the molecule is CC(C)(CNC(=O)CCc1ccc(S(=O)(=O)N2CCOCC2)cc1)C(=O)O. The minimum atomic E-state index is -3.52. The van der Waals surface area contributed by atoms with Crippen LogP contribution in [-0.2, 0) is 30.8 Å². The molecule has 0 atom stereocenters. The smallest absolute Gasteiger partial charge is 0.310 e. The van der Waals surface area contributed by atoms with E-state index in [2.05, 4.69) is 5.32 Å². The second-order valence-corrected chi connectivity index (χ2v) is 9.06. The molecule has 27 heavy (non-hydrogen) atoms. The number of morpholine rings is 1. The van der Waals surface area contributed by atoms with Crippen LogP contribution in [0.4, 0.5) is 0 Å². The summed E-state index contributed by atoms with van der Waals surface area (Å²) in [5.41, 5.74) is -0.186. The minimum absolute atomic E-state index is 0.0535. The molecule has 8 nitrogen and oxygen atoms in total. The van der Waals surface area contributed by atoms with Crippen LogP contribution >= 0.6 is 0 Å². The van der Waals surface area contributed by atoms with E-state index in [-0.39, 0.29) is 23.8 Å². The number of benzene rings is 1. The maximum Gasteiger partial charge on any atom is 0.310 e.